The van der Waals surface area contributed by atoms with Gasteiger partial charge in [0.05, 0.1) is 13.2 Å². The second-order valence-corrected chi connectivity index (χ2v) is 5.73. The molecular weight excluding hydrogens is 294 g/mol. The number of aromatic nitrogens is 4. The Morgan fingerprint density at radius 1 is 1.26 bits per heavy atom. The summed E-state index contributed by atoms with van der Waals surface area (Å²) < 4.78 is 6.69. The monoisotopic (exact) mass is 315 g/mol. The van der Waals surface area contributed by atoms with Crippen LogP contribution in [0.1, 0.15) is 37.3 Å². The van der Waals surface area contributed by atoms with Gasteiger partial charge >= 0.3 is 0 Å². The minimum Gasteiger partial charge on any atom is -0.497 e. The van der Waals surface area contributed by atoms with E-state index in [0.29, 0.717) is 0 Å². The Labute approximate surface area is 135 Å². The lowest BCUT2D eigenvalue weighted by molar-refractivity contribution is -0.134. The summed E-state index contributed by atoms with van der Waals surface area (Å²) in [5.41, 5.74) is 1.15. The Morgan fingerprint density at radius 2 is 2.09 bits per heavy atom. The molecule has 1 aromatic carbocycles. The number of likely N-dealkylation sites (tertiary alicyclic amines) is 1. The van der Waals surface area contributed by atoms with Gasteiger partial charge in [-0.1, -0.05) is 25.0 Å². The summed E-state index contributed by atoms with van der Waals surface area (Å²) >= 11 is 0. The van der Waals surface area contributed by atoms with Crippen LogP contribution in [0, 0.1) is 0 Å². The zero-order chi connectivity index (χ0) is 16.1. The van der Waals surface area contributed by atoms with Gasteiger partial charge in [-0.05, 0) is 41.0 Å². The van der Waals surface area contributed by atoms with Crippen molar-refractivity contribution in [3.05, 3.63) is 36.2 Å². The van der Waals surface area contributed by atoms with Crippen molar-refractivity contribution in [2.45, 2.75) is 38.3 Å². The maximum absolute atomic E-state index is 12.7. The molecule has 0 bridgehead atoms. The predicted molar refractivity (Wildman–Crippen MR) is 83.7 cm³/mol. The Hall–Kier alpha value is -2.44. The first-order valence-corrected chi connectivity index (χ1v) is 7.92. The molecule has 7 nitrogen and oxygen atoms in total. The van der Waals surface area contributed by atoms with Gasteiger partial charge in [0.1, 0.15) is 18.6 Å². The van der Waals surface area contributed by atoms with Crippen LogP contribution in [0.3, 0.4) is 0 Å². The minimum absolute atomic E-state index is 0.0556. The first kappa shape index (κ1) is 15.5. The average Bonchev–Trinajstić information content (AvgIpc) is 2.96. The number of benzene rings is 1. The highest BCUT2D eigenvalue weighted by atomic mass is 16.5. The fourth-order valence-corrected chi connectivity index (χ4v) is 3.06. The zero-order valence-electron chi connectivity index (χ0n) is 13.3. The molecule has 1 aliphatic rings. The lowest BCUT2D eigenvalue weighted by Gasteiger charge is -2.30. The molecule has 1 unspecified atom stereocenters. The molecule has 2 heterocycles. The van der Waals surface area contributed by atoms with Gasteiger partial charge in [0.2, 0.25) is 5.91 Å². The Kier molecular flexibility index (Phi) is 4.85. The second-order valence-electron chi connectivity index (χ2n) is 5.73. The van der Waals surface area contributed by atoms with E-state index < -0.39 is 0 Å². The SMILES string of the molecule is COc1ccc(C2CCCCCN2C(=O)Cn2cnnn2)cc1. The molecular formula is C16H21N5O2. The maximum Gasteiger partial charge on any atom is 0.244 e. The summed E-state index contributed by atoms with van der Waals surface area (Å²) in [7, 11) is 1.66. The molecule has 1 aromatic heterocycles. The van der Waals surface area contributed by atoms with Crippen LogP contribution >= 0.6 is 0 Å². The van der Waals surface area contributed by atoms with Crippen molar-refractivity contribution in [2.24, 2.45) is 0 Å². The molecule has 122 valence electrons. The number of ether oxygens (including phenoxy) is 1. The molecule has 0 saturated carbocycles. The fourth-order valence-electron chi connectivity index (χ4n) is 3.06. The van der Waals surface area contributed by atoms with Crippen LogP contribution in [-0.4, -0.2) is 44.7 Å². The number of nitrogens with zero attached hydrogens (tertiary/aromatic N) is 5. The molecule has 0 aliphatic carbocycles. The van der Waals surface area contributed by atoms with Gasteiger partial charge in [0.15, 0.2) is 0 Å². The van der Waals surface area contributed by atoms with E-state index in [1.807, 2.05) is 29.2 Å². The van der Waals surface area contributed by atoms with E-state index in [9.17, 15) is 4.79 Å². The predicted octanol–water partition coefficient (Wildman–Crippen LogP) is 1.83. The number of methoxy groups -OCH3 is 1. The highest BCUT2D eigenvalue weighted by Gasteiger charge is 2.27. The quantitative estimate of drug-likeness (QED) is 0.860. The Balaban J connectivity index is 1.80. The Morgan fingerprint density at radius 3 is 2.78 bits per heavy atom. The molecule has 0 N–H and O–H groups in total. The van der Waals surface area contributed by atoms with Crippen molar-refractivity contribution in [2.75, 3.05) is 13.7 Å². The van der Waals surface area contributed by atoms with Crippen LogP contribution in [-0.2, 0) is 11.3 Å². The smallest absolute Gasteiger partial charge is 0.244 e. The number of rotatable bonds is 4. The third-order valence-corrected chi connectivity index (χ3v) is 4.26. The number of carbonyl (C=O) groups is 1. The Bertz CT molecular complexity index is 626. The van der Waals surface area contributed by atoms with Crippen molar-refractivity contribution >= 4 is 5.91 Å². The second kappa shape index (κ2) is 7.21. The molecule has 1 fully saturated rings. The van der Waals surface area contributed by atoms with E-state index >= 15 is 0 Å². The molecule has 1 saturated heterocycles. The van der Waals surface area contributed by atoms with E-state index in [1.165, 1.54) is 11.0 Å². The molecule has 23 heavy (non-hydrogen) atoms. The van der Waals surface area contributed by atoms with E-state index in [4.69, 9.17) is 4.74 Å². The normalized spacial score (nSPS) is 18.5. The zero-order valence-corrected chi connectivity index (χ0v) is 13.3. The van der Waals surface area contributed by atoms with E-state index in [2.05, 4.69) is 15.5 Å². The van der Waals surface area contributed by atoms with Crippen LogP contribution in [0.25, 0.3) is 0 Å². The summed E-state index contributed by atoms with van der Waals surface area (Å²) in [6.45, 7) is 0.956. The number of amides is 1. The highest BCUT2D eigenvalue weighted by molar-refractivity contribution is 5.76. The minimum atomic E-state index is 0.0556. The van der Waals surface area contributed by atoms with Crippen molar-refractivity contribution in [3.8, 4) is 5.75 Å². The summed E-state index contributed by atoms with van der Waals surface area (Å²) in [5.74, 6) is 0.883. The van der Waals surface area contributed by atoms with Crippen LogP contribution in [0.2, 0.25) is 0 Å². The van der Waals surface area contributed by atoms with Gasteiger partial charge in [-0.2, -0.15) is 0 Å². The molecule has 7 heteroatoms. The molecule has 0 spiro atoms. The van der Waals surface area contributed by atoms with Crippen LogP contribution in [0.15, 0.2) is 30.6 Å². The van der Waals surface area contributed by atoms with Gasteiger partial charge in [-0.25, -0.2) is 4.68 Å². The first-order valence-electron chi connectivity index (χ1n) is 7.92. The molecule has 3 rings (SSSR count). The third kappa shape index (κ3) is 3.67. The molecule has 1 atom stereocenters. The van der Waals surface area contributed by atoms with Gasteiger partial charge in [-0.3, -0.25) is 4.79 Å². The van der Waals surface area contributed by atoms with Crippen molar-refractivity contribution < 1.29 is 9.53 Å². The number of carbonyl (C=O) groups excluding carboxylic acids is 1. The number of hydrogen-bond acceptors (Lipinski definition) is 5. The lowest BCUT2D eigenvalue weighted by Crippen LogP contribution is -2.37. The van der Waals surface area contributed by atoms with Crippen molar-refractivity contribution in [1.82, 2.24) is 25.1 Å². The lowest BCUT2D eigenvalue weighted by atomic mass is 10.0. The topological polar surface area (TPSA) is 73.1 Å². The maximum atomic E-state index is 12.7. The van der Waals surface area contributed by atoms with Crippen LogP contribution in [0.5, 0.6) is 5.75 Å². The van der Waals surface area contributed by atoms with Gasteiger partial charge in [0, 0.05) is 6.54 Å². The summed E-state index contributed by atoms with van der Waals surface area (Å²) in [4.78, 5) is 14.7. The highest BCUT2D eigenvalue weighted by Crippen LogP contribution is 2.31. The standard InChI is InChI=1S/C16H21N5O2/c1-23-14-8-6-13(7-9-14)15-5-3-2-4-10-21(15)16(22)11-20-12-17-18-19-20/h6-9,12,15H,2-5,10-11H2,1H3. The summed E-state index contributed by atoms with van der Waals surface area (Å²) in [5, 5.41) is 11.0. The van der Waals surface area contributed by atoms with Crippen molar-refractivity contribution in [1.29, 1.82) is 0 Å². The molecule has 2 aromatic rings. The molecule has 1 amide bonds. The third-order valence-electron chi connectivity index (χ3n) is 4.26. The average molecular weight is 315 g/mol. The van der Waals surface area contributed by atoms with E-state index in [0.717, 1.165) is 43.5 Å². The first-order chi connectivity index (χ1) is 11.3. The summed E-state index contributed by atoms with van der Waals surface area (Å²) in [6.07, 6.45) is 5.77. The van der Waals surface area contributed by atoms with Gasteiger partial charge in [-0.15, -0.1) is 5.10 Å². The fraction of sp³-hybridized carbons (Fsp3) is 0.500. The number of tetrazole rings is 1. The van der Waals surface area contributed by atoms with E-state index in [-0.39, 0.29) is 18.5 Å². The van der Waals surface area contributed by atoms with Crippen molar-refractivity contribution in [3.63, 3.8) is 0 Å². The number of hydrogen-bond donors (Lipinski definition) is 0. The van der Waals surface area contributed by atoms with Gasteiger partial charge < -0.3 is 9.64 Å². The molecule has 1 aliphatic heterocycles. The van der Waals surface area contributed by atoms with Gasteiger partial charge in [0.25, 0.3) is 0 Å². The molecule has 0 radical (unpaired) electrons. The summed E-state index contributed by atoms with van der Waals surface area (Å²) in [6, 6.07) is 8.10. The largest absolute Gasteiger partial charge is 0.497 e. The van der Waals surface area contributed by atoms with Crippen LogP contribution in [0.4, 0.5) is 0 Å². The van der Waals surface area contributed by atoms with Crippen LogP contribution < -0.4 is 4.74 Å². The van der Waals surface area contributed by atoms with E-state index in [1.54, 1.807) is 7.11 Å².